The molecule has 0 spiro atoms. The van der Waals surface area contributed by atoms with Crippen molar-refractivity contribution in [3.05, 3.63) is 58.7 Å². The van der Waals surface area contributed by atoms with E-state index in [1.807, 2.05) is 0 Å². The number of hydrogen-bond donors (Lipinski definition) is 0. The smallest absolute Gasteiger partial charge is 0.221 e. The summed E-state index contributed by atoms with van der Waals surface area (Å²) in [7, 11) is 0. The molecule has 0 saturated heterocycles. The van der Waals surface area contributed by atoms with Gasteiger partial charge in [0.1, 0.15) is 0 Å². The Morgan fingerprint density at radius 2 is 1.38 bits per heavy atom. The Morgan fingerprint density at radius 3 is 1.86 bits per heavy atom. The van der Waals surface area contributed by atoms with Gasteiger partial charge in [-0.3, -0.25) is 0 Å². The van der Waals surface area contributed by atoms with Crippen LogP contribution in [-0.2, 0) is 5.67 Å². The molecule has 156 valence electrons. The van der Waals surface area contributed by atoms with E-state index < -0.39 is 35.1 Å². The van der Waals surface area contributed by atoms with Crippen LogP contribution in [0.5, 0.6) is 0 Å². The molecule has 1 unspecified atom stereocenters. The standard InChI is InChI=1S/C19H12F9N/c1-10-6-11(2)15(13-5-3-4-12(8-13)9-29)14(7-10)16(20,18(23,24)25)17(21,22)19(26,27)28/h3-8H,1-2H3. The summed E-state index contributed by atoms with van der Waals surface area (Å²) in [6.07, 6.45) is -13.4. The third-order valence-corrected chi connectivity index (χ3v) is 4.31. The van der Waals surface area contributed by atoms with Crippen molar-refractivity contribution in [2.45, 2.75) is 37.8 Å². The van der Waals surface area contributed by atoms with E-state index in [1.165, 1.54) is 18.2 Å². The molecule has 2 aromatic rings. The zero-order valence-electron chi connectivity index (χ0n) is 14.8. The van der Waals surface area contributed by atoms with Crippen molar-refractivity contribution in [1.82, 2.24) is 0 Å². The molecule has 2 aromatic carbocycles. The highest BCUT2D eigenvalue weighted by Gasteiger charge is 2.82. The largest absolute Gasteiger partial charge is 0.457 e. The van der Waals surface area contributed by atoms with E-state index in [9.17, 15) is 35.1 Å². The van der Waals surface area contributed by atoms with Crippen molar-refractivity contribution in [3.63, 3.8) is 0 Å². The van der Waals surface area contributed by atoms with E-state index in [2.05, 4.69) is 0 Å². The van der Waals surface area contributed by atoms with Gasteiger partial charge in [-0.05, 0) is 42.7 Å². The third kappa shape index (κ3) is 3.54. The van der Waals surface area contributed by atoms with Crippen molar-refractivity contribution in [1.29, 1.82) is 5.26 Å². The van der Waals surface area contributed by atoms with Gasteiger partial charge in [0.25, 0.3) is 0 Å². The molecule has 0 radical (unpaired) electrons. The number of nitrogens with zero attached hydrogens (tertiary/aromatic N) is 1. The molecule has 29 heavy (non-hydrogen) atoms. The van der Waals surface area contributed by atoms with Gasteiger partial charge in [-0.25, -0.2) is 4.39 Å². The second kappa shape index (κ2) is 6.97. The highest BCUT2D eigenvalue weighted by molar-refractivity contribution is 5.74. The Balaban J connectivity index is 3.02. The van der Waals surface area contributed by atoms with Crippen molar-refractivity contribution < 1.29 is 39.5 Å². The summed E-state index contributed by atoms with van der Waals surface area (Å²) in [4.78, 5) is 0. The molecule has 0 aliphatic heterocycles. The molecule has 1 atom stereocenters. The van der Waals surface area contributed by atoms with E-state index in [1.54, 1.807) is 6.07 Å². The minimum Gasteiger partial charge on any atom is -0.221 e. The summed E-state index contributed by atoms with van der Waals surface area (Å²) in [5.41, 5.74) is -9.46. The molecule has 10 heteroatoms. The van der Waals surface area contributed by atoms with Gasteiger partial charge in [0.15, 0.2) is 0 Å². The Bertz CT molecular complexity index is 967. The summed E-state index contributed by atoms with van der Waals surface area (Å²) in [6.45, 7) is 2.28. The number of nitriles is 1. The fourth-order valence-corrected chi connectivity index (χ4v) is 3.06. The van der Waals surface area contributed by atoms with Gasteiger partial charge >= 0.3 is 23.9 Å². The van der Waals surface area contributed by atoms with Gasteiger partial charge in [-0.15, -0.1) is 0 Å². The fourth-order valence-electron chi connectivity index (χ4n) is 3.06. The van der Waals surface area contributed by atoms with Crippen LogP contribution in [0.4, 0.5) is 39.5 Å². The van der Waals surface area contributed by atoms with Crippen LogP contribution in [0.25, 0.3) is 11.1 Å². The quantitative estimate of drug-likeness (QED) is 0.498. The van der Waals surface area contributed by atoms with Gasteiger partial charge in [0.05, 0.1) is 11.6 Å². The van der Waals surface area contributed by atoms with Gasteiger partial charge in [0, 0.05) is 5.56 Å². The molecule has 0 saturated carbocycles. The van der Waals surface area contributed by atoms with Crippen molar-refractivity contribution in [2.75, 3.05) is 0 Å². The predicted octanol–water partition coefficient (Wildman–Crippen LogP) is 6.77. The maximum atomic E-state index is 15.1. The average Bonchev–Trinajstić information content (AvgIpc) is 2.58. The maximum Gasteiger partial charge on any atom is 0.457 e. The molecular weight excluding hydrogens is 413 g/mol. The molecule has 1 nitrogen and oxygen atoms in total. The topological polar surface area (TPSA) is 23.8 Å². The van der Waals surface area contributed by atoms with E-state index in [0.29, 0.717) is 6.07 Å². The fraction of sp³-hybridized carbons (Fsp3) is 0.316. The number of hydrogen-bond acceptors (Lipinski definition) is 1. The Hall–Kier alpha value is -2.70. The zero-order valence-corrected chi connectivity index (χ0v) is 14.8. The Morgan fingerprint density at radius 1 is 0.793 bits per heavy atom. The second-order valence-corrected chi connectivity index (χ2v) is 6.43. The lowest BCUT2D eigenvalue weighted by molar-refractivity contribution is -0.389. The van der Waals surface area contributed by atoms with Crippen LogP contribution in [0.3, 0.4) is 0 Å². The van der Waals surface area contributed by atoms with Crippen LogP contribution in [0.15, 0.2) is 36.4 Å². The molecule has 2 rings (SSSR count). The molecule has 0 aromatic heterocycles. The minimum atomic E-state index is -6.82. The van der Waals surface area contributed by atoms with Crippen LogP contribution in [0.2, 0.25) is 0 Å². The Kier molecular flexibility index (Phi) is 5.43. The van der Waals surface area contributed by atoms with Crippen molar-refractivity contribution in [2.24, 2.45) is 0 Å². The number of halogens is 9. The van der Waals surface area contributed by atoms with E-state index in [0.717, 1.165) is 26.0 Å². The summed E-state index contributed by atoms with van der Waals surface area (Å²) >= 11 is 0. The summed E-state index contributed by atoms with van der Waals surface area (Å²) in [5.74, 6) is -6.78. The first-order valence-corrected chi connectivity index (χ1v) is 7.90. The number of benzene rings is 2. The number of rotatable bonds is 3. The lowest BCUT2D eigenvalue weighted by Crippen LogP contribution is -2.60. The van der Waals surface area contributed by atoms with E-state index in [4.69, 9.17) is 5.26 Å². The minimum absolute atomic E-state index is 0.104. The summed E-state index contributed by atoms with van der Waals surface area (Å²) in [6, 6.07) is 7.68. The number of aryl methyl sites for hydroxylation is 2. The molecule has 0 amide bonds. The first kappa shape index (κ1) is 22.6. The molecule has 0 N–H and O–H groups in total. The molecule has 0 aliphatic carbocycles. The van der Waals surface area contributed by atoms with Gasteiger partial charge in [0.2, 0.25) is 0 Å². The van der Waals surface area contributed by atoms with Crippen LogP contribution in [0, 0.1) is 25.2 Å². The highest BCUT2D eigenvalue weighted by Crippen LogP contribution is 2.60. The summed E-state index contributed by atoms with van der Waals surface area (Å²) in [5, 5.41) is 8.94. The zero-order chi connectivity index (χ0) is 22.4. The van der Waals surface area contributed by atoms with Gasteiger partial charge in [-0.1, -0.05) is 29.8 Å². The number of alkyl halides is 9. The SMILES string of the molecule is Cc1cc(C)c(-c2cccc(C#N)c2)c(C(F)(C(F)(F)F)C(F)(F)C(F)(F)F)c1. The Labute approximate surface area is 159 Å². The van der Waals surface area contributed by atoms with Crippen LogP contribution >= 0.6 is 0 Å². The maximum absolute atomic E-state index is 15.1. The molecular formula is C19H12F9N. The normalized spacial score (nSPS) is 15.0. The molecule has 0 aliphatic rings. The van der Waals surface area contributed by atoms with Crippen LogP contribution in [0.1, 0.15) is 22.3 Å². The average molecular weight is 425 g/mol. The second-order valence-electron chi connectivity index (χ2n) is 6.43. The first-order chi connectivity index (χ1) is 13.1. The van der Waals surface area contributed by atoms with E-state index in [-0.39, 0.29) is 22.3 Å². The van der Waals surface area contributed by atoms with Crippen molar-refractivity contribution >= 4 is 0 Å². The lowest BCUT2D eigenvalue weighted by Gasteiger charge is -2.37. The first-order valence-electron chi connectivity index (χ1n) is 7.90. The van der Waals surface area contributed by atoms with Crippen LogP contribution < -0.4 is 0 Å². The predicted molar refractivity (Wildman–Crippen MR) is 85.9 cm³/mol. The molecule has 0 bridgehead atoms. The van der Waals surface area contributed by atoms with Crippen molar-refractivity contribution in [3.8, 4) is 17.2 Å². The molecule has 0 fully saturated rings. The van der Waals surface area contributed by atoms with Gasteiger partial charge < -0.3 is 0 Å². The molecule has 0 heterocycles. The highest BCUT2D eigenvalue weighted by atomic mass is 19.4. The lowest BCUT2D eigenvalue weighted by atomic mass is 9.80. The summed E-state index contributed by atoms with van der Waals surface area (Å²) < 4.78 is 122. The van der Waals surface area contributed by atoms with E-state index >= 15 is 4.39 Å². The third-order valence-electron chi connectivity index (χ3n) is 4.31. The van der Waals surface area contributed by atoms with Crippen LogP contribution in [-0.4, -0.2) is 18.3 Å². The van der Waals surface area contributed by atoms with Gasteiger partial charge in [-0.2, -0.15) is 40.4 Å². The monoisotopic (exact) mass is 425 g/mol.